The van der Waals surface area contributed by atoms with E-state index in [2.05, 4.69) is 40.9 Å². The monoisotopic (exact) mass is 396 g/mol. The smallest absolute Gasteiger partial charge is 0.227 e. The Labute approximate surface area is 180 Å². The Hall–Kier alpha value is -3.46. The van der Waals surface area contributed by atoms with E-state index >= 15 is 0 Å². The molecule has 0 aliphatic carbocycles. The molecule has 5 rings (SSSR count). The van der Waals surface area contributed by atoms with Crippen LogP contribution in [0.3, 0.4) is 0 Å². The first-order valence-electron chi connectivity index (χ1n) is 11.5. The highest BCUT2D eigenvalue weighted by Gasteiger charge is 2.24. The van der Waals surface area contributed by atoms with E-state index in [9.17, 15) is 0 Å². The summed E-state index contributed by atoms with van der Waals surface area (Å²) < 4.78 is 32.9. The second-order valence-electron chi connectivity index (χ2n) is 7.96. The molecule has 0 bridgehead atoms. The molecule has 0 aliphatic rings. The zero-order valence-electron chi connectivity index (χ0n) is 20.6. The minimum atomic E-state index is -2.27. The predicted octanol–water partition coefficient (Wildman–Crippen LogP) is 6.37. The molecule has 0 spiro atoms. The van der Waals surface area contributed by atoms with Crippen LogP contribution in [0.4, 0.5) is 0 Å². The number of aromatic nitrogens is 2. The molecule has 3 heteroatoms. The molecule has 0 unspecified atom stereocenters. The van der Waals surface area contributed by atoms with Gasteiger partial charge in [0.1, 0.15) is 7.05 Å². The number of nitrogens with zero attached hydrogens (tertiary/aromatic N) is 2. The van der Waals surface area contributed by atoms with Crippen LogP contribution in [0.5, 0.6) is 0 Å². The zero-order valence-corrected chi connectivity index (χ0v) is 17.6. The Morgan fingerprint density at radius 3 is 2.50 bits per heavy atom. The molecule has 0 amide bonds. The highest BCUT2D eigenvalue weighted by molar-refractivity contribution is 6.10. The fourth-order valence-electron chi connectivity index (χ4n) is 4.33. The molecule has 148 valence electrons. The van der Waals surface area contributed by atoms with Gasteiger partial charge in [0, 0.05) is 32.2 Å². The SMILES string of the molecule is [2H]C([2H])([2H])c1cc(C)c(-c2cc(-c3ccccc3)c(C)c[n+]2C)c2oc3nc(C)ccc3c12. The van der Waals surface area contributed by atoms with E-state index in [4.69, 9.17) is 8.53 Å². The molecule has 3 nitrogen and oxygen atoms in total. The van der Waals surface area contributed by atoms with Crippen molar-refractivity contribution in [2.24, 2.45) is 7.05 Å². The molecule has 2 aromatic carbocycles. The first-order chi connectivity index (χ1) is 15.6. The average Bonchev–Trinajstić information content (AvgIpc) is 3.12. The van der Waals surface area contributed by atoms with Crippen LogP contribution in [0.2, 0.25) is 0 Å². The van der Waals surface area contributed by atoms with Crippen LogP contribution in [0.1, 0.15) is 26.5 Å². The number of rotatable bonds is 2. The first-order valence-corrected chi connectivity index (χ1v) is 10.0. The van der Waals surface area contributed by atoms with Gasteiger partial charge in [0.2, 0.25) is 11.4 Å². The number of pyridine rings is 2. The van der Waals surface area contributed by atoms with Crippen molar-refractivity contribution in [3.05, 3.63) is 83.2 Å². The summed E-state index contributed by atoms with van der Waals surface area (Å²) >= 11 is 0. The van der Waals surface area contributed by atoms with Crippen molar-refractivity contribution in [2.45, 2.75) is 27.6 Å². The molecular formula is C27H25N2O+. The standard InChI is InChI=1S/C27H25N2O/c1-16-13-17(2)25(26-24(16)21-12-11-19(4)28-27(21)30-26)23-14-22(18(3)15-29(23)5)20-9-7-6-8-10-20/h6-15H,1-5H3/q+1/i1D3. The van der Waals surface area contributed by atoms with Crippen molar-refractivity contribution in [3.63, 3.8) is 0 Å². The van der Waals surface area contributed by atoms with Crippen LogP contribution in [-0.4, -0.2) is 4.98 Å². The Kier molecular flexibility index (Phi) is 3.49. The summed E-state index contributed by atoms with van der Waals surface area (Å²) in [5.41, 5.74) is 8.23. The minimum absolute atomic E-state index is 0.293. The Bertz CT molecular complexity index is 1530. The van der Waals surface area contributed by atoms with Crippen LogP contribution in [0.25, 0.3) is 44.5 Å². The van der Waals surface area contributed by atoms with Gasteiger partial charge in [0.05, 0.1) is 5.56 Å². The third kappa shape index (κ3) is 2.81. The van der Waals surface area contributed by atoms with E-state index < -0.39 is 6.85 Å². The fourth-order valence-corrected chi connectivity index (χ4v) is 4.33. The normalized spacial score (nSPS) is 13.4. The molecule has 3 aromatic heterocycles. The number of hydrogen-bond acceptors (Lipinski definition) is 2. The lowest BCUT2D eigenvalue weighted by molar-refractivity contribution is -0.660. The highest BCUT2D eigenvalue weighted by Crippen LogP contribution is 2.39. The van der Waals surface area contributed by atoms with Gasteiger partial charge in [0.15, 0.2) is 11.8 Å². The van der Waals surface area contributed by atoms with Gasteiger partial charge in [-0.05, 0) is 62.0 Å². The third-order valence-corrected chi connectivity index (χ3v) is 5.76. The largest absolute Gasteiger partial charge is 0.437 e. The van der Waals surface area contributed by atoms with Gasteiger partial charge in [-0.25, -0.2) is 9.55 Å². The van der Waals surface area contributed by atoms with E-state index in [1.807, 2.05) is 51.2 Å². The van der Waals surface area contributed by atoms with Crippen molar-refractivity contribution < 1.29 is 13.1 Å². The van der Waals surface area contributed by atoms with Crippen molar-refractivity contribution in [1.82, 2.24) is 4.98 Å². The highest BCUT2D eigenvalue weighted by atomic mass is 16.3. The van der Waals surface area contributed by atoms with Gasteiger partial charge in [-0.2, -0.15) is 0 Å². The number of furan rings is 1. The number of benzene rings is 2. The van der Waals surface area contributed by atoms with Gasteiger partial charge in [-0.15, -0.1) is 0 Å². The lowest BCUT2D eigenvalue weighted by atomic mass is 9.94. The maximum Gasteiger partial charge on any atom is 0.227 e. The Morgan fingerprint density at radius 1 is 0.933 bits per heavy atom. The Balaban J connectivity index is 1.90. The minimum Gasteiger partial charge on any atom is -0.437 e. The molecule has 5 aromatic rings. The van der Waals surface area contributed by atoms with Gasteiger partial charge in [0.25, 0.3) is 0 Å². The summed E-state index contributed by atoms with van der Waals surface area (Å²) in [7, 11) is 2.01. The lowest BCUT2D eigenvalue weighted by Crippen LogP contribution is -2.31. The fraction of sp³-hybridized carbons (Fsp3) is 0.185. The van der Waals surface area contributed by atoms with Crippen LogP contribution in [0, 0.1) is 27.6 Å². The molecule has 0 aliphatic heterocycles. The average molecular weight is 397 g/mol. The molecule has 0 N–H and O–H groups in total. The first kappa shape index (κ1) is 15.4. The predicted molar refractivity (Wildman–Crippen MR) is 123 cm³/mol. The molecule has 0 fully saturated rings. The summed E-state index contributed by atoms with van der Waals surface area (Å²) in [5, 5.41) is 1.33. The second kappa shape index (κ2) is 6.81. The molecule has 0 radical (unpaired) electrons. The summed E-state index contributed by atoms with van der Waals surface area (Å²) in [6.45, 7) is 3.67. The summed E-state index contributed by atoms with van der Waals surface area (Å²) in [6.07, 6.45) is 2.10. The lowest BCUT2D eigenvalue weighted by Gasteiger charge is -2.11. The summed E-state index contributed by atoms with van der Waals surface area (Å²) in [4.78, 5) is 4.55. The van der Waals surface area contributed by atoms with E-state index in [0.717, 1.165) is 44.6 Å². The molecule has 3 heterocycles. The number of hydrogen-bond donors (Lipinski definition) is 0. The maximum absolute atomic E-state index is 8.17. The third-order valence-electron chi connectivity index (χ3n) is 5.76. The van der Waals surface area contributed by atoms with Crippen LogP contribution in [0.15, 0.2) is 65.2 Å². The second-order valence-corrected chi connectivity index (χ2v) is 7.96. The number of fused-ring (bicyclic) bond motifs is 3. The van der Waals surface area contributed by atoms with Gasteiger partial charge >= 0.3 is 0 Å². The van der Waals surface area contributed by atoms with Crippen molar-refractivity contribution in [3.8, 4) is 22.4 Å². The molecule has 30 heavy (non-hydrogen) atoms. The summed E-state index contributed by atoms with van der Waals surface area (Å²) in [5.74, 6) is 0. The van der Waals surface area contributed by atoms with Gasteiger partial charge < -0.3 is 4.42 Å². The van der Waals surface area contributed by atoms with E-state index in [0.29, 0.717) is 22.2 Å². The van der Waals surface area contributed by atoms with E-state index in [-0.39, 0.29) is 0 Å². The molecular weight excluding hydrogens is 368 g/mol. The molecule has 0 atom stereocenters. The van der Waals surface area contributed by atoms with Crippen LogP contribution < -0.4 is 4.57 Å². The van der Waals surface area contributed by atoms with Crippen LogP contribution >= 0.6 is 0 Å². The van der Waals surface area contributed by atoms with Crippen molar-refractivity contribution >= 4 is 22.1 Å². The zero-order chi connectivity index (χ0) is 23.5. The maximum atomic E-state index is 8.17. The van der Waals surface area contributed by atoms with Crippen LogP contribution in [-0.2, 0) is 7.05 Å². The Morgan fingerprint density at radius 2 is 1.73 bits per heavy atom. The van der Waals surface area contributed by atoms with Gasteiger partial charge in [-0.1, -0.05) is 36.4 Å². The quantitative estimate of drug-likeness (QED) is 0.324. The molecule has 0 saturated heterocycles. The summed E-state index contributed by atoms with van der Waals surface area (Å²) in [6, 6.07) is 18.0. The number of aryl methyl sites for hydroxylation is 5. The van der Waals surface area contributed by atoms with Crippen molar-refractivity contribution in [2.75, 3.05) is 0 Å². The molecule has 0 saturated carbocycles. The van der Waals surface area contributed by atoms with Crippen molar-refractivity contribution in [1.29, 1.82) is 0 Å². The van der Waals surface area contributed by atoms with E-state index in [1.165, 1.54) is 0 Å². The van der Waals surface area contributed by atoms with E-state index in [1.54, 1.807) is 6.07 Å². The van der Waals surface area contributed by atoms with Gasteiger partial charge in [-0.3, -0.25) is 0 Å². The topological polar surface area (TPSA) is 29.9 Å².